The number of anilines is 1. The van der Waals surface area contributed by atoms with E-state index in [1.54, 1.807) is 32.2 Å². The van der Waals surface area contributed by atoms with Gasteiger partial charge in [-0.15, -0.1) is 0 Å². The van der Waals surface area contributed by atoms with Crippen LogP contribution in [0.4, 0.5) is 14.5 Å². The number of oxazole rings is 1. The highest BCUT2D eigenvalue weighted by atomic mass is 19.1. The second-order valence-electron chi connectivity index (χ2n) is 7.14. The number of aryl methyl sites for hydroxylation is 3. The molecule has 0 aliphatic rings. The Morgan fingerprint density at radius 2 is 1.70 bits per heavy atom. The monoisotopic (exact) mass is 408 g/mol. The predicted octanol–water partition coefficient (Wildman–Crippen LogP) is 4.95. The van der Waals surface area contributed by atoms with Crippen molar-refractivity contribution in [3.63, 3.8) is 0 Å². The summed E-state index contributed by atoms with van der Waals surface area (Å²) in [7, 11) is 1.65. The first kappa shape index (κ1) is 19.6. The van der Waals surface area contributed by atoms with Gasteiger partial charge in [-0.05, 0) is 72.5 Å². The minimum Gasteiger partial charge on any atom is -0.408 e. The Labute approximate surface area is 170 Å². The van der Waals surface area contributed by atoms with E-state index in [1.807, 2.05) is 19.1 Å². The molecule has 0 spiro atoms. The second kappa shape index (κ2) is 7.26. The zero-order chi connectivity index (χ0) is 21.6. The number of carbonyl (C=O) groups excluding carboxylic acids is 1. The standard InChI is InChI=1S/C23H18F2N2O3/c1-12-10-19-20(30-23(29)27(19)3)11-15(12)14-7-8-18(13(2)9-14)26-22(28)21-16(24)5-4-6-17(21)25/h4-11H,1-3H3,(H,26,28). The highest BCUT2D eigenvalue weighted by Gasteiger charge is 2.18. The van der Waals surface area contributed by atoms with Gasteiger partial charge in [0, 0.05) is 12.7 Å². The summed E-state index contributed by atoms with van der Waals surface area (Å²) in [5.74, 6) is -3.13. The Morgan fingerprint density at radius 1 is 1.00 bits per heavy atom. The van der Waals surface area contributed by atoms with E-state index in [1.165, 1.54) is 10.6 Å². The second-order valence-corrected chi connectivity index (χ2v) is 7.14. The van der Waals surface area contributed by atoms with Crippen molar-refractivity contribution in [3.05, 3.63) is 87.4 Å². The smallest absolute Gasteiger partial charge is 0.408 e. The summed E-state index contributed by atoms with van der Waals surface area (Å²) < 4.78 is 34.4. The Balaban J connectivity index is 1.69. The molecular weight excluding hydrogens is 390 g/mol. The molecule has 0 radical (unpaired) electrons. The first-order valence-electron chi connectivity index (χ1n) is 9.23. The molecule has 0 saturated heterocycles. The van der Waals surface area contributed by atoms with Crippen LogP contribution in [0.3, 0.4) is 0 Å². The van der Waals surface area contributed by atoms with E-state index in [-0.39, 0.29) is 0 Å². The molecule has 152 valence electrons. The fourth-order valence-corrected chi connectivity index (χ4v) is 3.46. The SMILES string of the molecule is Cc1cc(-c2cc3oc(=O)n(C)c3cc2C)ccc1NC(=O)c1c(F)cccc1F. The van der Waals surface area contributed by atoms with E-state index in [2.05, 4.69) is 5.32 Å². The molecule has 7 heteroatoms. The number of fused-ring (bicyclic) bond motifs is 1. The summed E-state index contributed by atoms with van der Waals surface area (Å²) in [6.45, 7) is 3.71. The average molecular weight is 408 g/mol. The molecule has 0 aliphatic heterocycles. The number of benzene rings is 3. The minimum atomic E-state index is -0.921. The maximum Gasteiger partial charge on any atom is 0.419 e. The number of carbonyl (C=O) groups is 1. The van der Waals surface area contributed by atoms with Gasteiger partial charge in [-0.25, -0.2) is 13.6 Å². The Morgan fingerprint density at radius 3 is 2.37 bits per heavy atom. The van der Waals surface area contributed by atoms with Crippen LogP contribution < -0.4 is 11.1 Å². The van der Waals surface area contributed by atoms with E-state index in [0.29, 0.717) is 22.4 Å². The summed E-state index contributed by atoms with van der Waals surface area (Å²) in [6.07, 6.45) is 0. The van der Waals surface area contributed by atoms with Crippen molar-refractivity contribution >= 4 is 22.7 Å². The maximum absolute atomic E-state index is 13.9. The molecule has 0 unspecified atom stereocenters. The van der Waals surface area contributed by atoms with Gasteiger partial charge in [-0.1, -0.05) is 12.1 Å². The molecule has 1 aromatic heterocycles. The van der Waals surface area contributed by atoms with E-state index >= 15 is 0 Å². The summed E-state index contributed by atoms with van der Waals surface area (Å²) in [5.41, 5.74) is 4.39. The van der Waals surface area contributed by atoms with Crippen LogP contribution >= 0.6 is 0 Å². The lowest BCUT2D eigenvalue weighted by molar-refractivity contribution is 0.101. The first-order chi connectivity index (χ1) is 14.3. The molecule has 3 aromatic carbocycles. The van der Waals surface area contributed by atoms with Gasteiger partial charge in [0.2, 0.25) is 0 Å². The van der Waals surface area contributed by atoms with Crippen molar-refractivity contribution in [3.8, 4) is 11.1 Å². The molecule has 0 bridgehead atoms. The van der Waals surface area contributed by atoms with Crippen LogP contribution in [0.1, 0.15) is 21.5 Å². The van der Waals surface area contributed by atoms with Gasteiger partial charge in [0.25, 0.3) is 5.91 Å². The molecule has 0 saturated carbocycles. The normalized spacial score (nSPS) is 11.1. The molecule has 4 aromatic rings. The molecular formula is C23H18F2N2O3. The molecule has 5 nitrogen and oxygen atoms in total. The third-order valence-corrected chi connectivity index (χ3v) is 5.11. The van der Waals surface area contributed by atoms with Crippen molar-refractivity contribution in [2.45, 2.75) is 13.8 Å². The molecule has 1 N–H and O–H groups in total. The van der Waals surface area contributed by atoms with Gasteiger partial charge < -0.3 is 9.73 Å². The largest absolute Gasteiger partial charge is 0.419 e. The summed E-state index contributed by atoms with van der Waals surface area (Å²) in [4.78, 5) is 24.1. The third-order valence-electron chi connectivity index (χ3n) is 5.11. The number of hydrogen-bond acceptors (Lipinski definition) is 3. The summed E-state index contributed by atoms with van der Waals surface area (Å²) in [5, 5.41) is 2.56. The lowest BCUT2D eigenvalue weighted by atomic mass is 9.97. The predicted molar refractivity (Wildman–Crippen MR) is 111 cm³/mol. The highest BCUT2D eigenvalue weighted by Crippen LogP contribution is 2.31. The summed E-state index contributed by atoms with van der Waals surface area (Å²) in [6, 6.07) is 12.3. The quantitative estimate of drug-likeness (QED) is 0.522. The van der Waals surface area contributed by atoms with Gasteiger partial charge in [0.1, 0.15) is 17.2 Å². The fourth-order valence-electron chi connectivity index (χ4n) is 3.46. The minimum absolute atomic E-state index is 0.434. The van der Waals surface area contributed by atoms with Gasteiger partial charge in [-0.2, -0.15) is 0 Å². The zero-order valence-electron chi connectivity index (χ0n) is 16.5. The number of amides is 1. The molecule has 1 amide bonds. The average Bonchev–Trinajstić information content (AvgIpc) is 2.96. The number of nitrogens with zero attached hydrogens (tertiary/aromatic N) is 1. The van der Waals surface area contributed by atoms with Crippen LogP contribution in [0.2, 0.25) is 0 Å². The molecule has 30 heavy (non-hydrogen) atoms. The maximum atomic E-state index is 13.9. The molecule has 0 aliphatic carbocycles. The Kier molecular flexibility index (Phi) is 4.73. The summed E-state index contributed by atoms with van der Waals surface area (Å²) >= 11 is 0. The number of hydrogen-bond donors (Lipinski definition) is 1. The fraction of sp³-hybridized carbons (Fsp3) is 0.130. The van der Waals surface area contributed by atoms with Crippen molar-refractivity contribution < 1.29 is 18.0 Å². The Bertz CT molecular complexity index is 1350. The number of nitrogens with one attached hydrogen (secondary N) is 1. The van der Waals surface area contributed by atoms with Crippen molar-refractivity contribution in [1.29, 1.82) is 0 Å². The number of halogens is 2. The highest BCUT2D eigenvalue weighted by molar-refractivity contribution is 6.05. The van der Waals surface area contributed by atoms with Crippen molar-refractivity contribution in [1.82, 2.24) is 4.57 Å². The van der Waals surface area contributed by atoms with Crippen molar-refractivity contribution in [2.75, 3.05) is 5.32 Å². The van der Waals surface area contributed by atoms with Gasteiger partial charge >= 0.3 is 5.76 Å². The third kappa shape index (κ3) is 3.28. The van der Waals surface area contributed by atoms with E-state index < -0.39 is 28.9 Å². The number of rotatable bonds is 3. The van der Waals surface area contributed by atoms with E-state index in [4.69, 9.17) is 4.42 Å². The molecule has 0 atom stereocenters. The van der Waals surface area contributed by atoms with Crippen LogP contribution in [0.5, 0.6) is 0 Å². The Hall–Kier alpha value is -3.74. The molecule has 1 heterocycles. The first-order valence-corrected chi connectivity index (χ1v) is 9.23. The van der Waals surface area contributed by atoms with Crippen LogP contribution in [0.25, 0.3) is 22.2 Å². The van der Waals surface area contributed by atoms with E-state index in [9.17, 15) is 18.4 Å². The van der Waals surface area contributed by atoms with Gasteiger partial charge in [0.15, 0.2) is 5.58 Å². The van der Waals surface area contributed by atoms with E-state index in [0.717, 1.165) is 28.8 Å². The topological polar surface area (TPSA) is 64.2 Å². The van der Waals surface area contributed by atoms with Crippen LogP contribution in [0.15, 0.2) is 57.7 Å². The van der Waals surface area contributed by atoms with Crippen molar-refractivity contribution in [2.24, 2.45) is 7.05 Å². The molecule has 0 fully saturated rings. The van der Waals surface area contributed by atoms with Crippen LogP contribution in [-0.4, -0.2) is 10.5 Å². The van der Waals surface area contributed by atoms with Gasteiger partial charge in [0.05, 0.1) is 5.52 Å². The zero-order valence-corrected chi connectivity index (χ0v) is 16.5. The molecule has 4 rings (SSSR count). The number of aromatic nitrogens is 1. The van der Waals surface area contributed by atoms with Crippen LogP contribution in [-0.2, 0) is 7.05 Å². The van der Waals surface area contributed by atoms with Gasteiger partial charge in [-0.3, -0.25) is 9.36 Å². The lowest BCUT2D eigenvalue weighted by Crippen LogP contribution is -2.16. The van der Waals surface area contributed by atoms with Crippen LogP contribution in [0, 0.1) is 25.5 Å². The lowest BCUT2D eigenvalue weighted by Gasteiger charge is -2.13.